The molecule has 168 valence electrons. The maximum Gasteiger partial charge on any atom is 0.408 e. The minimum atomic E-state index is -3.49. The summed E-state index contributed by atoms with van der Waals surface area (Å²) in [4.78, 5) is 30.3. The van der Waals surface area contributed by atoms with E-state index in [4.69, 9.17) is 0 Å². The summed E-state index contributed by atoms with van der Waals surface area (Å²) in [6, 6.07) is 2.11. The Morgan fingerprint density at radius 1 is 1.42 bits per heavy atom. The van der Waals surface area contributed by atoms with Gasteiger partial charge in [0.05, 0.1) is 5.75 Å². The summed E-state index contributed by atoms with van der Waals surface area (Å²) >= 11 is 3.25. The number of pyridine rings is 1. The molecular weight excluding hydrogens is 488 g/mol. The van der Waals surface area contributed by atoms with E-state index in [1.807, 2.05) is 0 Å². The Morgan fingerprint density at radius 2 is 2.13 bits per heavy atom. The van der Waals surface area contributed by atoms with Crippen molar-refractivity contribution in [3.05, 3.63) is 41.5 Å². The number of fused-ring (bicyclic) bond motifs is 1. The number of nitrogens with zero attached hydrogens (tertiary/aromatic N) is 3. The molecule has 1 aromatic rings. The summed E-state index contributed by atoms with van der Waals surface area (Å²) in [6.07, 6.45) is 2.99. The monoisotopic (exact) mass is 512 g/mol. The second kappa shape index (κ2) is 8.71. The molecule has 3 rings (SSSR count). The van der Waals surface area contributed by atoms with E-state index >= 15 is 0 Å². The molecule has 11 heteroatoms. The molecule has 1 saturated carbocycles. The minimum Gasteiger partial charge on any atom is -0.465 e. The average Bonchev–Trinajstić information content (AvgIpc) is 3.28. The fourth-order valence-corrected chi connectivity index (χ4v) is 5.74. The Bertz CT molecular complexity index is 1030. The van der Waals surface area contributed by atoms with Crippen LogP contribution in [0.5, 0.6) is 0 Å². The van der Waals surface area contributed by atoms with Gasteiger partial charge in [0, 0.05) is 30.6 Å². The van der Waals surface area contributed by atoms with E-state index in [0.717, 1.165) is 4.90 Å². The largest absolute Gasteiger partial charge is 0.465 e. The highest BCUT2D eigenvalue weighted by Gasteiger charge is 2.68. The molecule has 3 atom stereocenters. The Morgan fingerprint density at radius 3 is 2.74 bits per heavy atom. The highest BCUT2D eigenvalue weighted by molar-refractivity contribution is 9.10. The molecule has 2 N–H and O–H groups in total. The smallest absolute Gasteiger partial charge is 0.408 e. The molecule has 2 heterocycles. The van der Waals surface area contributed by atoms with Gasteiger partial charge in [0.2, 0.25) is 15.9 Å². The van der Waals surface area contributed by atoms with Gasteiger partial charge in [-0.3, -0.25) is 9.69 Å². The van der Waals surface area contributed by atoms with E-state index in [9.17, 15) is 23.1 Å². The molecule has 1 aromatic heterocycles. The molecule has 2 amide bonds. The lowest BCUT2D eigenvalue weighted by Gasteiger charge is -2.24. The molecule has 1 aliphatic heterocycles. The number of allylic oxidation sites excluding steroid dienone is 1. The van der Waals surface area contributed by atoms with Crippen molar-refractivity contribution in [3.63, 3.8) is 0 Å². The second-order valence-electron chi connectivity index (χ2n) is 7.91. The van der Waals surface area contributed by atoms with Crippen LogP contribution in [-0.2, 0) is 14.8 Å². The fraction of sp³-hybridized carbons (Fsp3) is 0.450. The number of halogens is 1. The Labute approximate surface area is 190 Å². The van der Waals surface area contributed by atoms with Crippen LogP contribution in [0, 0.1) is 5.41 Å². The number of sulfonamides is 1. The lowest BCUT2D eigenvalue weighted by atomic mass is 9.99. The maximum atomic E-state index is 13.0. The van der Waals surface area contributed by atoms with Gasteiger partial charge in [0.15, 0.2) is 0 Å². The number of hydrogen-bond acceptors (Lipinski definition) is 5. The van der Waals surface area contributed by atoms with Gasteiger partial charge in [0.25, 0.3) is 0 Å². The lowest BCUT2D eigenvalue weighted by Crippen LogP contribution is -2.45. The van der Waals surface area contributed by atoms with E-state index in [0.29, 0.717) is 23.0 Å². The highest BCUT2D eigenvalue weighted by atomic mass is 79.9. The molecule has 31 heavy (non-hydrogen) atoms. The van der Waals surface area contributed by atoms with Crippen molar-refractivity contribution in [2.24, 2.45) is 5.41 Å². The number of carboxylic acid groups (broad SMARTS) is 1. The van der Waals surface area contributed by atoms with E-state index < -0.39 is 39.5 Å². The molecular formula is C20H25BrN4O5S. The third-order valence-corrected chi connectivity index (χ3v) is 8.16. The summed E-state index contributed by atoms with van der Waals surface area (Å²) in [5.74, 6) is -0.280. The van der Waals surface area contributed by atoms with Crippen LogP contribution in [0.3, 0.4) is 0 Å². The molecule has 1 saturated heterocycles. The number of carbonyl (C=O) groups excluding carboxylic acids is 1. The first kappa shape index (κ1) is 23.4. The van der Waals surface area contributed by atoms with Gasteiger partial charge in [-0.25, -0.2) is 22.5 Å². The van der Waals surface area contributed by atoms with Crippen molar-refractivity contribution in [2.45, 2.75) is 31.3 Å². The van der Waals surface area contributed by atoms with Crippen molar-refractivity contribution < 1.29 is 23.1 Å². The molecule has 1 aliphatic carbocycles. The molecule has 0 unspecified atom stereocenters. The number of aromatic nitrogens is 1. The van der Waals surface area contributed by atoms with Crippen molar-refractivity contribution in [2.75, 3.05) is 24.7 Å². The van der Waals surface area contributed by atoms with Crippen molar-refractivity contribution >= 4 is 49.8 Å². The normalized spacial score (nSPS) is 24.5. The third-order valence-electron chi connectivity index (χ3n) is 5.89. The number of likely N-dealkylation sites (tertiary alicyclic amines) is 1. The van der Waals surface area contributed by atoms with Gasteiger partial charge in [-0.1, -0.05) is 18.7 Å². The van der Waals surface area contributed by atoms with Gasteiger partial charge >= 0.3 is 6.09 Å². The van der Waals surface area contributed by atoms with Crippen LogP contribution in [0.4, 0.5) is 10.6 Å². The number of carbonyl (C=O) groups is 2. The molecule has 0 bridgehead atoms. The van der Waals surface area contributed by atoms with E-state index in [2.05, 4.69) is 39.4 Å². The van der Waals surface area contributed by atoms with Gasteiger partial charge < -0.3 is 10.4 Å². The van der Waals surface area contributed by atoms with E-state index in [1.54, 1.807) is 24.3 Å². The first-order valence-corrected chi connectivity index (χ1v) is 12.1. The van der Waals surface area contributed by atoms with Gasteiger partial charge in [-0.05, 0) is 47.3 Å². The van der Waals surface area contributed by atoms with Crippen LogP contribution in [0.2, 0.25) is 0 Å². The third kappa shape index (κ3) is 4.68. The summed E-state index contributed by atoms with van der Waals surface area (Å²) in [6.45, 7) is 7.41. The summed E-state index contributed by atoms with van der Waals surface area (Å²) in [5.41, 5.74) is 0.0341. The molecule has 9 nitrogen and oxygen atoms in total. The zero-order chi connectivity index (χ0) is 23.0. The topological polar surface area (TPSA) is 120 Å². The van der Waals surface area contributed by atoms with Crippen LogP contribution in [0.25, 0.3) is 6.08 Å². The Kier molecular flexibility index (Phi) is 6.59. The highest BCUT2D eigenvalue weighted by Crippen LogP contribution is 2.60. The predicted octanol–water partition coefficient (Wildman–Crippen LogP) is 2.77. The summed E-state index contributed by atoms with van der Waals surface area (Å²) in [7, 11) is -2.00. The first-order valence-electron chi connectivity index (χ1n) is 9.70. The van der Waals surface area contributed by atoms with E-state index in [-0.39, 0.29) is 24.5 Å². The zero-order valence-electron chi connectivity index (χ0n) is 17.1. The molecule has 2 aliphatic rings. The predicted molar refractivity (Wildman–Crippen MR) is 121 cm³/mol. The molecule has 0 spiro atoms. The van der Waals surface area contributed by atoms with Gasteiger partial charge in [0.1, 0.15) is 16.5 Å². The van der Waals surface area contributed by atoms with Crippen LogP contribution in [0.15, 0.2) is 36.0 Å². The minimum absolute atomic E-state index is 0.0564. The van der Waals surface area contributed by atoms with Crippen LogP contribution in [-0.4, -0.2) is 71.1 Å². The Hall–Kier alpha value is -2.24. The SMILES string of the molecule is C=CCCS(=O)(=O)N(C)C[C@@]12C[C@@H](C(=O)Nc3nc(Br)ccc3C=C)N(C(=O)O)[C@@H]1C2. The van der Waals surface area contributed by atoms with Crippen molar-refractivity contribution in [1.29, 1.82) is 0 Å². The van der Waals surface area contributed by atoms with Crippen LogP contribution >= 0.6 is 15.9 Å². The maximum absolute atomic E-state index is 13.0. The number of piperidine rings is 1. The molecule has 0 aromatic carbocycles. The summed E-state index contributed by atoms with van der Waals surface area (Å²) < 4.78 is 26.7. The number of amides is 2. The lowest BCUT2D eigenvalue weighted by molar-refractivity contribution is -0.120. The quantitative estimate of drug-likeness (QED) is 0.387. The van der Waals surface area contributed by atoms with Gasteiger partial charge in [-0.2, -0.15) is 0 Å². The first-order chi connectivity index (χ1) is 14.5. The van der Waals surface area contributed by atoms with Crippen LogP contribution < -0.4 is 5.32 Å². The van der Waals surface area contributed by atoms with E-state index in [1.165, 1.54) is 11.4 Å². The molecule has 2 fully saturated rings. The standard InChI is InChI=1S/C20H25BrN4O5S/c1-4-6-9-31(29,30)24(3)12-20-10-14(25(19(27)28)15(20)11-20)18(26)23-17-13(5-2)7-8-16(21)22-17/h4-5,7-8,14-15H,1-2,6,9-12H2,3H3,(H,27,28)(H,22,23,26)/t14-,15+,20-/m0/s1. The second-order valence-corrected chi connectivity index (χ2v) is 10.9. The van der Waals surface area contributed by atoms with Crippen molar-refractivity contribution in [1.82, 2.24) is 14.2 Å². The van der Waals surface area contributed by atoms with Crippen LogP contribution in [0.1, 0.15) is 24.8 Å². The number of hydrogen-bond donors (Lipinski definition) is 2. The number of rotatable bonds is 9. The summed E-state index contributed by atoms with van der Waals surface area (Å²) in [5, 5.41) is 12.4. The van der Waals surface area contributed by atoms with Gasteiger partial charge in [-0.15, -0.1) is 6.58 Å². The Balaban J connectivity index is 1.78. The number of anilines is 1. The number of nitrogens with one attached hydrogen (secondary N) is 1. The molecule has 0 radical (unpaired) electrons. The fourth-order valence-electron chi connectivity index (χ4n) is 4.20. The van der Waals surface area contributed by atoms with Crippen molar-refractivity contribution in [3.8, 4) is 0 Å². The average molecular weight is 513 g/mol. The zero-order valence-corrected chi connectivity index (χ0v) is 19.5.